The van der Waals surface area contributed by atoms with Crippen LogP contribution in [0.1, 0.15) is 15.9 Å². The first-order chi connectivity index (χ1) is 12.7. The monoisotopic (exact) mass is 381 g/mol. The van der Waals surface area contributed by atoms with E-state index < -0.39 is 0 Å². The highest BCUT2D eigenvalue weighted by Crippen LogP contribution is 2.26. The second-order valence-corrected chi connectivity index (χ2v) is 7.35. The topological polar surface area (TPSA) is 46.9 Å². The summed E-state index contributed by atoms with van der Waals surface area (Å²) >= 11 is 7.45. The van der Waals surface area contributed by atoms with Gasteiger partial charge in [0.1, 0.15) is 0 Å². The van der Waals surface area contributed by atoms with E-state index in [4.69, 9.17) is 11.6 Å². The summed E-state index contributed by atoms with van der Waals surface area (Å²) in [5.74, 6) is -0.0724. The van der Waals surface area contributed by atoms with Gasteiger partial charge in [0.15, 0.2) is 5.13 Å². The molecule has 0 spiro atoms. The number of benzene rings is 2. The smallest absolute Gasteiger partial charge is 0.251 e. The van der Waals surface area contributed by atoms with Crippen LogP contribution in [0.2, 0.25) is 5.02 Å². The van der Waals surface area contributed by atoms with Crippen molar-refractivity contribution in [3.05, 3.63) is 83.1 Å². The predicted octanol–water partition coefficient (Wildman–Crippen LogP) is 4.71. The third-order valence-electron chi connectivity index (χ3n) is 4.08. The lowest BCUT2D eigenvalue weighted by Gasteiger charge is -2.05. The molecule has 0 saturated heterocycles. The molecule has 26 heavy (non-hydrogen) atoms. The number of nitrogens with zero attached hydrogens (tertiary/aromatic N) is 2. The maximum Gasteiger partial charge on any atom is 0.251 e. The van der Waals surface area contributed by atoms with Crippen LogP contribution in [-0.2, 0) is 6.42 Å². The first kappa shape index (κ1) is 16.8. The quantitative estimate of drug-likeness (QED) is 0.544. The molecule has 2 aromatic carbocycles. The Morgan fingerprint density at radius 2 is 1.88 bits per heavy atom. The van der Waals surface area contributed by atoms with Crippen LogP contribution in [-0.4, -0.2) is 22.0 Å². The molecule has 130 valence electrons. The second-order valence-electron chi connectivity index (χ2n) is 5.90. The minimum atomic E-state index is -0.0724. The predicted molar refractivity (Wildman–Crippen MR) is 106 cm³/mol. The van der Waals surface area contributed by atoms with Gasteiger partial charge in [-0.1, -0.05) is 35.1 Å². The van der Waals surface area contributed by atoms with Crippen molar-refractivity contribution in [2.24, 2.45) is 0 Å². The molecule has 0 saturated carbocycles. The largest absolute Gasteiger partial charge is 0.352 e. The van der Waals surface area contributed by atoms with Crippen LogP contribution in [0.4, 0.5) is 0 Å². The van der Waals surface area contributed by atoms with E-state index in [0.717, 1.165) is 32.4 Å². The Morgan fingerprint density at radius 1 is 1.12 bits per heavy atom. The lowest BCUT2D eigenvalue weighted by molar-refractivity contribution is 0.0954. The molecular formula is C20H16ClN3OS. The van der Waals surface area contributed by atoms with Gasteiger partial charge in [-0.2, -0.15) is 0 Å². The van der Waals surface area contributed by atoms with Gasteiger partial charge in [-0.15, -0.1) is 0 Å². The zero-order valence-corrected chi connectivity index (χ0v) is 15.4. The molecule has 6 heteroatoms. The summed E-state index contributed by atoms with van der Waals surface area (Å²) in [6.07, 6.45) is 4.69. The van der Waals surface area contributed by atoms with Gasteiger partial charge in [-0.25, -0.2) is 4.98 Å². The molecule has 2 aromatic heterocycles. The van der Waals surface area contributed by atoms with Gasteiger partial charge in [-0.3, -0.25) is 4.79 Å². The summed E-state index contributed by atoms with van der Waals surface area (Å²) in [7, 11) is 0. The van der Waals surface area contributed by atoms with E-state index >= 15 is 0 Å². The third-order valence-corrected chi connectivity index (χ3v) is 5.36. The molecule has 0 atom stereocenters. The number of hydrogen-bond donors (Lipinski definition) is 1. The highest BCUT2D eigenvalue weighted by molar-refractivity contribution is 7.20. The van der Waals surface area contributed by atoms with Gasteiger partial charge in [0, 0.05) is 29.5 Å². The van der Waals surface area contributed by atoms with Crippen molar-refractivity contribution >= 4 is 39.1 Å². The highest BCUT2D eigenvalue weighted by atomic mass is 35.5. The zero-order chi connectivity index (χ0) is 17.9. The minimum Gasteiger partial charge on any atom is -0.352 e. The fourth-order valence-corrected chi connectivity index (χ4v) is 3.80. The molecule has 0 unspecified atom stereocenters. The van der Waals surface area contributed by atoms with Crippen LogP contribution in [0.3, 0.4) is 0 Å². The van der Waals surface area contributed by atoms with Crippen molar-refractivity contribution in [3.8, 4) is 5.13 Å². The first-order valence-electron chi connectivity index (χ1n) is 8.26. The number of nitrogens with one attached hydrogen (secondary N) is 1. The van der Waals surface area contributed by atoms with Gasteiger partial charge in [-0.05, 0) is 54.4 Å². The van der Waals surface area contributed by atoms with Crippen LogP contribution >= 0.6 is 22.9 Å². The van der Waals surface area contributed by atoms with Crippen molar-refractivity contribution in [2.45, 2.75) is 6.42 Å². The molecule has 4 rings (SSSR count). The Hall–Kier alpha value is -2.63. The first-order valence-corrected chi connectivity index (χ1v) is 9.45. The number of carbonyl (C=O) groups excluding carboxylic acids is 1. The molecular weight excluding hydrogens is 366 g/mol. The number of amides is 1. The van der Waals surface area contributed by atoms with E-state index in [1.54, 1.807) is 11.3 Å². The molecule has 2 heterocycles. The summed E-state index contributed by atoms with van der Waals surface area (Å²) in [6, 6.07) is 17.2. The normalized spacial score (nSPS) is 11.0. The summed E-state index contributed by atoms with van der Waals surface area (Å²) in [6.45, 7) is 0.579. The molecule has 1 amide bonds. The minimum absolute atomic E-state index is 0.0724. The van der Waals surface area contributed by atoms with Crippen molar-refractivity contribution in [3.63, 3.8) is 0 Å². The molecule has 0 bridgehead atoms. The fraction of sp³-hybridized carbons (Fsp3) is 0.100. The number of halogens is 1. The van der Waals surface area contributed by atoms with Crippen molar-refractivity contribution in [1.29, 1.82) is 0 Å². The lowest BCUT2D eigenvalue weighted by atomic mass is 10.1. The van der Waals surface area contributed by atoms with E-state index in [2.05, 4.69) is 10.3 Å². The van der Waals surface area contributed by atoms with Crippen LogP contribution in [0.5, 0.6) is 0 Å². The number of rotatable bonds is 5. The lowest BCUT2D eigenvalue weighted by Crippen LogP contribution is -2.25. The number of fused-ring (bicyclic) bond motifs is 1. The zero-order valence-electron chi connectivity index (χ0n) is 13.9. The average Bonchev–Trinajstić information content (AvgIpc) is 3.32. The summed E-state index contributed by atoms with van der Waals surface area (Å²) in [4.78, 5) is 17.0. The SMILES string of the molecule is O=C(NCCc1ccc(Cl)cc1)c1ccc2nc(-n3cccc3)sc2c1. The highest BCUT2D eigenvalue weighted by Gasteiger charge is 2.10. The molecule has 1 N–H and O–H groups in total. The second kappa shape index (κ2) is 7.32. The van der Waals surface area contributed by atoms with E-state index in [1.807, 2.05) is 71.6 Å². The van der Waals surface area contributed by atoms with E-state index in [-0.39, 0.29) is 5.91 Å². The Balaban J connectivity index is 1.44. The van der Waals surface area contributed by atoms with Gasteiger partial charge in [0.2, 0.25) is 0 Å². The van der Waals surface area contributed by atoms with Crippen LogP contribution in [0, 0.1) is 0 Å². The van der Waals surface area contributed by atoms with E-state index in [0.29, 0.717) is 12.1 Å². The Morgan fingerprint density at radius 3 is 2.65 bits per heavy atom. The Labute approximate surface area is 160 Å². The van der Waals surface area contributed by atoms with Gasteiger partial charge < -0.3 is 9.88 Å². The maximum absolute atomic E-state index is 12.4. The molecule has 0 aliphatic rings. The number of aromatic nitrogens is 2. The fourth-order valence-electron chi connectivity index (χ4n) is 2.70. The summed E-state index contributed by atoms with van der Waals surface area (Å²) in [5.41, 5.74) is 2.69. The number of carbonyl (C=O) groups is 1. The molecule has 0 aliphatic heterocycles. The molecule has 0 radical (unpaired) electrons. The number of hydrogen-bond acceptors (Lipinski definition) is 3. The average molecular weight is 382 g/mol. The van der Waals surface area contributed by atoms with Crippen molar-refractivity contribution < 1.29 is 4.79 Å². The van der Waals surface area contributed by atoms with Gasteiger partial charge in [0.25, 0.3) is 5.91 Å². The molecule has 0 aliphatic carbocycles. The van der Waals surface area contributed by atoms with Crippen molar-refractivity contribution in [1.82, 2.24) is 14.9 Å². The Bertz CT molecular complexity index is 1040. The van der Waals surface area contributed by atoms with Crippen LogP contribution in [0.25, 0.3) is 15.3 Å². The van der Waals surface area contributed by atoms with Crippen molar-refractivity contribution in [2.75, 3.05) is 6.54 Å². The van der Waals surface area contributed by atoms with E-state index in [9.17, 15) is 4.79 Å². The standard InChI is InChI=1S/C20H16ClN3OS/c21-16-6-3-14(4-7-16)9-10-22-19(25)15-5-8-17-18(13-15)26-20(23-17)24-11-1-2-12-24/h1-8,11-13H,9-10H2,(H,22,25). The van der Waals surface area contributed by atoms with Crippen LogP contribution in [0.15, 0.2) is 67.0 Å². The molecule has 0 fully saturated rings. The summed E-state index contributed by atoms with van der Waals surface area (Å²) < 4.78 is 2.97. The number of thiazole rings is 1. The molecule has 4 aromatic rings. The van der Waals surface area contributed by atoms with E-state index in [1.165, 1.54) is 0 Å². The Kier molecular flexibility index (Phi) is 4.73. The van der Waals surface area contributed by atoms with Gasteiger partial charge in [0.05, 0.1) is 10.2 Å². The molecule has 4 nitrogen and oxygen atoms in total. The summed E-state index contributed by atoms with van der Waals surface area (Å²) in [5, 5.41) is 4.58. The van der Waals surface area contributed by atoms with Crippen LogP contribution < -0.4 is 5.32 Å². The maximum atomic E-state index is 12.4. The third kappa shape index (κ3) is 3.64. The van der Waals surface area contributed by atoms with Gasteiger partial charge >= 0.3 is 0 Å².